The minimum atomic E-state index is -1.02. The van der Waals surface area contributed by atoms with Crippen LogP contribution in [0.1, 0.15) is 18.4 Å². The number of hydrogen-bond donors (Lipinski definition) is 0. The Morgan fingerprint density at radius 2 is 2.00 bits per heavy atom. The van der Waals surface area contributed by atoms with E-state index in [1.807, 2.05) is 30.3 Å². The van der Waals surface area contributed by atoms with Crippen molar-refractivity contribution in [1.29, 1.82) is 0 Å². The minimum Gasteiger partial charge on any atom is -0.550 e. The molecule has 0 bridgehead atoms. The van der Waals surface area contributed by atoms with Crippen LogP contribution in [0.25, 0.3) is 0 Å². The molecule has 0 atom stereocenters. The zero-order valence-electron chi connectivity index (χ0n) is 7.94. The van der Waals surface area contributed by atoms with Crippen molar-refractivity contribution in [3.8, 4) is 0 Å². The fourth-order valence-corrected chi connectivity index (χ4v) is 1.08. The van der Waals surface area contributed by atoms with Gasteiger partial charge >= 0.3 is 0 Å². The molecular formula is C11H13O3-. The Balaban J connectivity index is 2.08. The summed E-state index contributed by atoms with van der Waals surface area (Å²) in [5, 5.41) is 10.1. The fraction of sp³-hybridized carbons (Fsp3) is 0.364. The van der Waals surface area contributed by atoms with Crippen molar-refractivity contribution in [2.24, 2.45) is 0 Å². The Labute approximate surface area is 83.3 Å². The molecule has 1 aromatic carbocycles. The lowest BCUT2D eigenvalue weighted by Crippen LogP contribution is -2.22. The summed E-state index contributed by atoms with van der Waals surface area (Å²) in [5.74, 6) is -1.02. The fourth-order valence-electron chi connectivity index (χ4n) is 1.08. The zero-order valence-corrected chi connectivity index (χ0v) is 7.94. The number of carboxylic acids is 1. The predicted molar refractivity (Wildman–Crippen MR) is 50.3 cm³/mol. The van der Waals surface area contributed by atoms with Gasteiger partial charge in [-0.15, -0.1) is 0 Å². The second-order valence-corrected chi connectivity index (χ2v) is 3.01. The van der Waals surface area contributed by atoms with Gasteiger partial charge in [0, 0.05) is 12.6 Å². The molecule has 0 spiro atoms. The molecule has 0 heterocycles. The number of carboxylic acid groups (broad SMARTS) is 1. The molecule has 0 N–H and O–H groups in total. The molecular weight excluding hydrogens is 180 g/mol. The van der Waals surface area contributed by atoms with Crippen molar-refractivity contribution < 1.29 is 14.6 Å². The van der Waals surface area contributed by atoms with Gasteiger partial charge in [-0.25, -0.2) is 0 Å². The third-order valence-electron chi connectivity index (χ3n) is 1.78. The van der Waals surface area contributed by atoms with E-state index in [9.17, 15) is 9.90 Å². The van der Waals surface area contributed by atoms with Crippen LogP contribution in [0.2, 0.25) is 0 Å². The highest BCUT2D eigenvalue weighted by Crippen LogP contribution is 2.01. The highest BCUT2D eigenvalue weighted by atomic mass is 16.5. The topological polar surface area (TPSA) is 49.4 Å². The Kier molecular flexibility index (Phi) is 4.72. The van der Waals surface area contributed by atoms with Crippen molar-refractivity contribution in [3.63, 3.8) is 0 Å². The summed E-state index contributed by atoms with van der Waals surface area (Å²) in [4.78, 5) is 10.1. The largest absolute Gasteiger partial charge is 0.550 e. The molecule has 0 unspecified atom stereocenters. The molecule has 0 amide bonds. The average Bonchev–Trinajstić information content (AvgIpc) is 2.18. The first kappa shape index (κ1) is 10.7. The molecule has 0 fully saturated rings. The minimum absolute atomic E-state index is 0.0643. The van der Waals surface area contributed by atoms with E-state index in [1.54, 1.807) is 0 Å². The van der Waals surface area contributed by atoms with E-state index in [4.69, 9.17) is 4.74 Å². The summed E-state index contributed by atoms with van der Waals surface area (Å²) in [6, 6.07) is 9.77. The van der Waals surface area contributed by atoms with E-state index in [2.05, 4.69) is 0 Å². The highest BCUT2D eigenvalue weighted by Gasteiger charge is 1.92. The molecule has 0 radical (unpaired) electrons. The van der Waals surface area contributed by atoms with Gasteiger partial charge in [-0.1, -0.05) is 30.3 Å². The first-order valence-electron chi connectivity index (χ1n) is 4.60. The van der Waals surface area contributed by atoms with Gasteiger partial charge in [0.05, 0.1) is 6.61 Å². The maximum atomic E-state index is 10.1. The highest BCUT2D eigenvalue weighted by molar-refractivity contribution is 5.64. The zero-order chi connectivity index (χ0) is 10.2. The summed E-state index contributed by atoms with van der Waals surface area (Å²) >= 11 is 0. The lowest BCUT2D eigenvalue weighted by molar-refractivity contribution is -0.305. The van der Waals surface area contributed by atoms with Crippen molar-refractivity contribution in [2.75, 3.05) is 6.61 Å². The summed E-state index contributed by atoms with van der Waals surface area (Å²) in [6.07, 6.45) is 0.573. The Bertz CT molecular complexity index is 269. The summed E-state index contributed by atoms with van der Waals surface area (Å²) < 4.78 is 5.28. The van der Waals surface area contributed by atoms with Crippen LogP contribution < -0.4 is 5.11 Å². The molecule has 3 nitrogen and oxygen atoms in total. The van der Waals surface area contributed by atoms with E-state index < -0.39 is 5.97 Å². The van der Waals surface area contributed by atoms with Gasteiger partial charge in [-0.05, 0) is 18.4 Å². The van der Waals surface area contributed by atoms with Crippen LogP contribution in [0, 0.1) is 0 Å². The molecule has 14 heavy (non-hydrogen) atoms. The molecule has 3 heteroatoms. The molecule has 0 saturated carbocycles. The molecule has 1 rings (SSSR count). The summed E-state index contributed by atoms with van der Waals surface area (Å²) in [6.45, 7) is 0.997. The quantitative estimate of drug-likeness (QED) is 0.626. The van der Waals surface area contributed by atoms with Crippen LogP contribution in [0.4, 0.5) is 0 Å². The number of carbonyl (C=O) groups excluding carboxylic acids is 1. The van der Waals surface area contributed by atoms with Gasteiger partial charge in [0.1, 0.15) is 0 Å². The molecule has 0 saturated heterocycles. The number of hydrogen-bond acceptors (Lipinski definition) is 3. The maximum Gasteiger partial charge on any atom is 0.0716 e. The normalized spacial score (nSPS) is 10.0. The molecule has 76 valence electrons. The van der Waals surface area contributed by atoms with Crippen molar-refractivity contribution in [1.82, 2.24) is 0 Å². The van der Waals surface area contributed by atoms with E-state index in [0.717, 1.165) is 5.56 Å². The number of carbonyl (C=O) groups is 1. The van der Waals surface area contributed by atoms with Gasteiger partial charge in [-0.2, -0.15) is 0 Å². The predicted octanol–water partition coefficient (Wildman–Crippen LogP) is 0.733. The van der Waals surface area contributed by atoms with Crippen LogP contribution in [-0.4, -0.2) is 12.6 Å². The van der Waals surface area contributed by atoms with Crippen LogP contribution in [0.5, 0.6) is 0 Å². The molecule has 0 aliphatic rings. The average molecular weight is 193 g/mol. The van der Waals surface area contributed by atoms with Gasteiger partial charge in [-0.3, -0.25) is 0 Å². The number of aliphatic carboxylic acids is 1. The maximum absolute atomic E-state index is 10.1. The van der Waals surface area contributed by atoms with Gasteiger partial charge in [0.25, 0.3) is 0 Å². The van der Waals surface area contributed by atoms with Gasteiger partial charge < -0.3 is 14.6 Å². The van der Waals surface area contributed by atoms with Crippen molar-refractivity contribution >= 4 is 5.97 Å². The molecule has 0 aromatic heterocycles. The van der Waals surface area contributed by atoms with Crippen LogP contribution in [-0.2, 0) is 16.1 Å². The van der Waals surface area contributed by atoms with E-state index in [0.29, 0.717) is 19.6 Å². The monoisotopic (exact) mass is 193 g/mol. The number of benzene rings is 1. The third kappa shape index (κ3) is 4.62. The van der Waals surface area contributed by atoms with E-state index in [-0.39, 0.29) is 6.42 Å². The van der Waals surface area contributed by atoms with Crippen LogP contribution in [0.3, 0.4) is 0 Å². The Morgan fingerprint density at radius 1 is 1.29 bits per heavy atom. The summed E-state index contributed by atoms with van der Waals surface area (Å²) in [7, 11) is 0. The van der Waals surface area contributed by atoms with Gasteiger partial charge in [0.15, 0.2) is 0 Å². The molecule has 0 aliphatic heterocycles. The Hall–Kier alpha value is -1.35. The Morgan fingerprint density at radius 3 is 2.64 bits per heavy atom. The lowest BCUT2D eigenvalue weighted by Gasteiger charge is -2.04. The first-order chi connectivity index (χ1) is 6.79. The van der Waals surface area contributed by atoms with Crippen molar-refractivity contribution in [2.45, 2.75) is 19.4 Å². The molecule has 1 aromatic rings. The summed E-state index contributed by atoms with van der Waals surface area (Å²) in [5.41, 5.74) is 1.10. The lowest BCUT2D eigenvalue weighted by atomic mass is 10.2. The van der Waals surface area contributed by atoms with Gasteiger partial charge in [0.2, 0.25) is 0 Å². The van der Waals surface area contributed by atoms with Crippen LogP contribution >= 0.6 is 0 Å². The first-order valence-corrected chi connectivity index (χ1v) is 4.60. The number of rotatable bonds is 6. The van der Waals surface area contributed by atoms with E-state index >= 15 is 0 Å². The van der Waals surface area contributed by atoms with Crippen molar-refractivity contribution in [3.05, 3.63) is 35.9 Å². The third-order valence-corrected chi connectivity index (χ3v) is 1.78. The van der Waals surface area contributed by atoms with Crippen LogP contribution in [0.15, 0.2) is 30.3 Å². The number of ether oxygens (including phenoxy) is 1. The smallest absolute Gasteiger partial charge is 0.0716 e. The van der Waals surface area contributed by atoms with E-state index in [1.165, 1.54) is 0 Å². The molecule has 0 aliphatic carbocycles. The second kappa shape index (κ2) is 6.16. The second-order valence-electron chi connectivity index (χ2n) is 3.01. The SMILES string of the molecule is O=C([O-])CCCOCc1ccccc1. The standard InChI is InChI=1S/C11H14O3/c12-11(13)7-4-8-14-9-10-5-2-1-3-6-10/h1-3,5-6H,4,7-9H2,(H,12,13)/p-1.